The fraction of sp³-hybridized carbons (Fsp3) is 0.562. The summed E-state index contributed by atoms with van der Waals surface area (Å²) in [6.07, 6.45) is 1.45. The monoisotopic (exact) mass is 276 g/mol. The fourth-order valence-corrected chi connectivity index (χ4v) is 2.79. The van der Waals surface area contributed by atoms with Gasteiger partial charge in [0, 0.05) is 33.4 Å². The van der Waals surface area contributed by atoms with Gasteiger partial charge >= 0.3 is 0 Å². The van der Waals surface area contributed by atoms with E-state index in [2.05, 4.69) is 19.1 Å². The molecule has 1 fully saturated rings. The highest BCUT2D eigenvalue weighted by atomic mass is 16.5. The number of hydrogen-bond acceptors (Lipinski definition) is 3. The molecular formula is C16H24N2O2. The molecule has 0 aromatic heterocycles. The second-order valence-corrected chi connectivity index (χ2v) is 5.68. The topological polar surface area (TPSA) is 55.6 Å². The van der Waals surface area contributed by atoms with E-state index >= 15 is 0 Å². The molecule has 1 aliphatic heterocycles. The number of rotatable bonds is 4. The lowest BCUT2D eigenvalue weighted by Crippen LogP contribution is -2.49. The van der Waals surface area contributed by atoms with Crippen LogP contribution in [0.4, 0.5) is 0 Å². The van der Waals surface area contributed by atoms with Gasteiger partial charge < -0.3 is 15.4 Å². The van der Waals surface area contributed by atoms with Crippen LogP contribution >= 0.6 is 0 Å². The smallest absolute Gasteiger partial charge is 0.230 e. The summed E-state index contributed by atoms with van der Waals surface area (Å²) in [6.45, 7) is 4.35. The zero-order valence-corrected chi connectivity index (χ0v) is 12.4. The molecule has 0 radical (unpaired) electrons. The lowest BCUT2D eigenvalue weighted by atomic mass is 9.79. The first-order chi connectivity index (χ1) is 9.59. The highest BCUT2D eigenvalue weighted by molar-refractivity contribution is 5.83. The van der Waals surface area contributed by atoms with Gasteiger partial charge in [-0.2, -0.15) is 0 Å². The maximum absolute atomic E-state index is 12.8. The maximum atomic E-state index is 12.8. The second-order valence-electron chi connectivity index (χ2n) is 5.68. The highest BCUT2D eigenvalue weighted by Gasteiger charge is 2.40. The normalized spacial score (nSPS) is 17.8. The van der Waals surface area contributed by atoms with Gasteiger partial charge in [-0.1, -0.05) is 24.3 Å². The maximum Gasteiger partial charge on any atom is 0.230 e. The van der Waals surface area contributed by atoms with Crippen molar-refractivity contribution in [2.24, 2.45) is 11.1 Å². The van der Waals surface area contributed by atoms with E-state index in [0.717, 1.165) is 12.8 Å². The van der Waals surface area contributed by atoms with Crippen LogP contribution in [0, 0.1) is 12.3 Å². The van der Waals surface area contributed by atoms with Crippen molar-refractivity contribution in [3.8, 4) is 0 Å². The van der Waals surface area contributed by atoms with Gasteiger partial charge in [0.25, 0.3) is 0 Å². The molecule has 4 heteroatoms. The van der Waals surface area contributed by atoms with Crippen molar-refractivity contribution < 1.29 is 9.53 Å². The number of carbonyl (C=O) groups excluding carboxylic acids is 1. The minimum atomic E-state index is -0.435. The van der Waals surface area contributed by atoms with Crippen LogP contribution in [-0.2, 0) is 16.1 Å². The van der Waals surface area contributed by atoms with Crippen molar-refractivity contribution in [3.05, 3.63) is 35.4 Å². The molecule has 1 aliphatic rings. The Morgan fingerprint density at radius 1 is 1.35 bits per heavy atom. The number of carbonyl (C=O) groups is 1. The summed E-state index contributed by atoms with van der Waals surface area (Å²) in [5, 5.41) is 0. The van der Waals surface area contributed by atoms with Gasteiger partial charge in [-0.15, -0.1) is 0 Å². The van der Waals surface area contributed by atoms with Gasteiger partial charge in [-0.25, -0.2) is 0 Å². The van der Waals surface area contributed by atoms with Crippen LogP contribution in [0.1, 0.15) is 24.0 Å². The summed E-state index contributed by atoms with van der Waals surface area (Å²) in [6, 6.07) is 8.16. The second kappa shape index (κ2) is 6.37. The van der Waals surface area contributed by atoms with Crippen LogP contribution in [0.15, 0.2) is 24.3 Å². The number of ether oxygens (including phenoxy) is 1. The molecule has 0 saturated carbocycles. The van der Waals surface area contributed by atoms with Gasteiger partial charge in [0.05, 0.1) is 5.41 Å². The van der Waals surface area contributed by atoms with Crippen LogP contribution in [-0.4, -0.2) is 37.6 Å². The molecule has 1 heterocycles. The van der Waals surface area contributed by atoms with Crippen LogP contribution in [0.3, 0.4) is 0 Å². The number of aryl methyl sites for hydroxylation is 1. The molecule has 1 aromatic rings. The third-order valence-corrected chi connectivity index (χ3v) is 4.31. The number of amides is 1. The Hall–Kier alpha value is -1.39. The molecule has 20 heavy (non-hydrogen) atoms. The van der Waals surface area contributed by atoms with E-state index < -0.39 is 5.41 Å². The molecule has 1 aromatic carbocycles. The molecule has 1 amide bonds. The Labute approximate surface area is 120 Å². The largest absolute Gasteiger partial charge is 0.381 e. The van der Waals surface area contributed by atoms with Gasteiger partial charge in [-0.3, -0.25) is 4.79 Å². The number of benzene rings is 1. The van der Waals surface area contributed by atoms with Gasteiger partial charge in [0.2, 0.25) is 5.91 Å². The minimum absolute atomic E-state index is 0.145. The van der Waals surface area contributed by atoms with Crippen LogP contribution < -0.4 is 5.73 Å². The van der Waals surface area contributed by atoms with Crippen LogP contribution in [0.5, 0.6) is 0 Å². The first kappa shape index (κ1) is 15.0. The fourth-order valence-electron chi connectivity index (χ4n) is 2.79. The lowest BCUT2D eigenvalue weighted by Gasteiger charge is -2.37. The number of nitrogens with two attached hydrogens (primary N) is 1. The molecule has 0 spiro atoms. The van der Waals surface area contributed by atoms with E-state index in [9.17, 15) is 4.79 Å². The first-order valence-electron chi connectivity index (χ1n) is 7.17. The van der Waals surface area contributed by atoms with E-state index in [1.165, 1.54) is 11.1 Å². The lowest BCUT2D eigenvalue weighted by molar-refractivity contribution is -0.146. The van der Waals surface area contributed by atoms with E-state index in [-0.39, 0.29) is 5.91 Å². The first-order valence-corrected chi connectivity index (χ1v) is 7.17. The van der Waals surface area contributed by atoms with Crippen molar-refractivity contribution in [3.63, 3.8) is 0 Å². The van der Waals surface area contributed by atoms with Crippen molar-refractivity contribution in [2.45, 2.75) is 26.3 Å². The molecule has 1 saturated heterocycles. The highest BCUT2D eigenvalue weighted by Crippen LogP contribution is 2.31. The number of hydrogen-bond donors (Lipinski definition) is 1. The molecular weight excluding hydrogens is 252 g/mol. The molecule has 0 unspecified atom stereocenters. The quantitative estimate of drug-likeness (QED) is 0.911. The number of nitrogens with zero attached hydrogens (tertiary/aromatic N) is 1. The molecule has 0 atom stereocenters. The standard InChI is InChI=1S/C16H24N2O2/c1-13-5-3-4-6-14(13)11-18(2)15(19)16(12-17)7-9-20-10-8-16/h3-6H,7-12,17H2,1-2H3. The molecule has 4 nitrogen and oxygen atoms in total. The molecule has 0 aliphatic carbocycles. The zero-order valence-electron chi connectivity index (χ0n) is 12.4. The van der Waals surface area contributed by atoms with Crippen molar-refractivity contribution in [1.29, 1.82) is 0 Å². The Bertz CT molecular complexity index is 467. The van der Waals surface area contributed by atoms with E-state index in [0.29, 0.717) is 26.3 Å². The minimum Gasteiger partial charge on any atom is -0.381 e. The Morgan fingerprint density at radius 3 is 2.60 bits per heavy atom. The summed E-state index contributed by atoms with van der Waals surface area (Å²) in [5.74, 6) is 0.145. The van der Waals surface area contributed by atoms with E-state index in [1.54, 1.807) is 4.90 Å². The molecule has 110 valence electrons. The molecule has 0 bridgehead atoms. The van der Waals surface area contributed by atoms with Gasteiger partial charge in [0.15, 0.2) is 0 Å². The SMILES string of the molecule is Cc1ccccc1CN(C)C(=O)C1(CN)CCOCC1. The summed E-state index contributed by atoms with van der Waals surface area (Å²) >= 11 is 0. The molecule has 2 N–H and O–H groups in total. The van der Waals surface area contributed by atoms with Gasteiger partial charge in [-0.05, 0) is 30.9 Å². The predicted octanol–water partition coefficient (Wildman–Crippen LogP) is 1.71. The van der Waals surface area contributed by atoms with Gasteiger partial charge in [0.1, 0.15) is 0 Å². The summed E-state index contributed by atoms with van der Waals surface area (Å²) in [7, 11) is 1.86. The summed E-state index contributed by atoms with van der Waals surface area (Å²) < 4.78 is 5.37. The average molecular weight is 276 g/mol. The van der Waals surface area contributed by atoms with Crippen molar-refractivity contribution >= 4 is 5.91 Å². The summed E-state index contributed by atoms with van der Waals surface area (Å²) in [4.78, 5) is 14.6. The third kappa shape index (κ3) is 3.02. The van der Waals surface area contributed by atoms with E-state index in [1.807, 2.05) is 19.2 Å². The molecule has 2 rings (SSSR count). The van der Waals surface area contributed by atoms with Crippen molar-refractivity contribution in [1.82, 2.24) is 4.90 Å². The summed E-state index contributed by atoms with van der Waals surface area (Å²) in [5.41, 5.74) is 7.85. The van der Waals surface area contributed by atoms with Crippen molar-refractivity contribution in [2.75, 3.05) is 26.8 Å². The van der Waals surface area contributed by atoms with E-state index in [4.69, 9.17) is 10.5 Å². The Morgan fingerprint density at radius 2 is 2.00 bits per heavy atom. The zero-order chi connectivity index (χ0) is 14.6. The van der Waals surface area contributed by atoms with Crippen LogP contribution in [0.25, 0.3) is 0 Å². The third-order valence-electron chi connectivity index (χ3n) is 4.31. The predicted molar refractivity (Wildman–Crippen MR) is 79.2 cm³/mol. The average Bonchev–Trinajstić information content (AvgIpc) is 2.49. The van der Waals surface area contributed by atoms with Crippen LogP contribution in [0.2, 0.25) is 0 Å². The Balaban J connectivity index is 2.10. The Kier molecular flexibility index (Phi) is 4.78.